The first kappa shape index (κ1) is 14.0. The summed E-state index contributed by atoms with van der Waals surface area (Å²) >= 11 is 14.6. The summed E-state index contributed by atoms with van der Waals surface area (Å²) in [7, 11) is 1.88. The summed E-state index contributed by atoms with van der Waals surface area (Å²) in [5.41, 5.74) is 2.68. The molecule has 0 bridgehead atoms. The maximum absolute atomic E-state index is 6.19. The van der Waals surface area contributed by atoms with Gasteiger partial charge in [-0.15, -0.1) is 0 Å². The first-order valence-electron chi connectivity index (χ1n) is 5.36. The molecule has 96 valence electrons. The van der Waals surface area contributed by atoms with Gasteiger partial charge in [0.05, 0.1) is 33.7 Å². The van der Waals surface area contributed by atoms with E-state index in [4.69, 9.17) is 23.2 Å². The lowest BCUT2D eigenvalue weighted by Gasteiger charge is -2.09. The van der Waals surface area contributed by atoms with Gasteiger partial charge < -0.3 is 5.32 Å². The van der Waals surface area contributed by atoms with E-state index in [1.807, 2.05) is 32.2 Å². The van der Waals surface area contributed by atoms with Gasteiger partial charge >= 0.3 is 0 Å². The van der Waals surface area contributed by atoms with Crippen LogP contribution < -0.4 is 5.32 Å². The quantitative estimate of drug-likeness (QED) is 0.787. The van der Waals surface area contributed by atoms with Crippen LogP contribution in [0.3, 0.4) is 0 Å². The minimum absolute atomic E-state index is 0.594. The fourth-order valence-electron chi connectivity index (χ4n) is 1.68. The van der Waals surface area contributed by atoms with Crippen LogP contribution in [0.2, 0.25) is 10.0 Å². The summed E-state index contributed by atoms with van der Waals surface area (Å²) in [6, 6.07) is 5.88. The second-order valence-corrected chi connectivity index (χ2v) is 5.98. The van der Waals surface area contributed by atoms with Gasteiger partial charge in [-0.1, -0.05) is 23.2 Å². The van der Waals surface area contributed by atoms with E-state index in [0.717, 1.165) is 20.6 Å². The molecule has 0 aliphatic carbocycles. The summed E-state index contributed by atoms with van der Waals surface area (Å²) in [5, 5.41) is 8.95. The van der Waals surface area contributed by atoms with Crippen molar-refractivity contribution in [2.75, 3.05) is 5.32 Å². The minimum Gasteiger partial charge on any atom is -0.378 e. The molecule has 0 aliphatic heterocycles. The van der Waals surface area contributed by atoms with Crippen molar-refractivity contribution in [2.45, 2.75) is 13.5 Å². The average Bonchev–Trinajstić information content (AvgIpc) is 2.53. The van der Waals surface area contributed by atoms with Crippen LogP contribution in [-0.2, 0) is 13.6 Å². The van der Waals surface area contributed by atoms with Gasteiger partial charge in [-0.05, 0) is 47.7 Å². The summed E-state index contributed by atoms with van der Waals surface area (Å²) < 4.78 is 2.89. The number of nitrogens with zero attached hydrogens (tertiary/aromatic N) is 2. The Labute approximate surface area is 130 Å². The Balaban J connectivity index is 2.16. The number of hydrogen-bond acceptors (Lipinski definition) is 2. The molecule has 1 heterocycles. The molecule has 3 nitrogen and oxygen atoms in total. The number of aryl methyl sites for hydroxylation is 2. The number of nitrogens with one attached hydrogen (secondary N) is 1. The van der Waals surface area contributed by atoms with Gasteiger partial charge in [0.1, 0.15) is 0 Å². The number of aromatic nitrogens is 2. The zero-order valence-electron chi connectivity index (χ0n) is 9.97. The molecule has 6 heteroatoms. The first-order chi connectivity index (χ1) is 8.49. The van der Waals surface area contributed by atoms with E-state index in [1.165, 1.54) is 0 Å². The highest BCUT2D eigenvalue weighted by atomic mass is 127. The third-order valence-corrected chi connectivity index (χ3v) is 4.11. The fourth-order valence-corrected chi connectivity index (χ4v) is 2.83. The molecule has 0 radical (unpaired) electrons. The lowest BCUT2D eigenvalue weighted by atomic mass is 10.3. The highest BCUT2D eigenvalue weighted by Crippen LogP contribution is 2.26. The van der Waals surface area contributed by atoms with Gasteiger partial charge in [0.2, 0.25) is 0 Å². The van der Waals surface area contributed by atoms with E-state index in [1.54, 1.807) is 4.68 Å². The maximum Gasteiger partial charge on any atom is 0.0865 e. The predicted octanol–water partition coefficient (Wildman–Crippen LogP) is 4.25. The molecular weight excluding hydrogens is 384 g/mol. The molecule has 2 rings (SSSR count). The van der Waals surface area contributed by atoms with E-state index >= 15 is 0 Å². The van der Waals surface area contributed by atoms with Crippen molar-refractivity contribution in [3.63, 3.8) is 0 Å². The van der Waals surface area contributed by atoms with Gasteiger partial charge in [-0.25, -0.2) is 0 Å². The fraction of sp³-hybridized carbons (Fsp3) is 0.250. The van der Waals surface area contributed by atoms with Crippen LogP contribution in [0.5, 0.6) is 0 Å². The van der Waals surface area contributed by atoms with Gasteiger partial charge in [0.15, 0.2) is 0 Å². The second-order valence-electron chi connectivity index (χ2n) is 3.95. The number of anilines is 1. The van der Waals surface area contributed by atoms with Crippen molar-refractivity contribution in [3.8, 4) is 0 Å². The van der Waals surface area contributed by atoms with Gasteiger partial charge in [0.25, 0.3) is 0 Å². The monoisotopic (exact) mass is 395 g/mol. The molecule has 0 spiro atoms. The largest absolute Gasteiger partial charge is 0.378 e. The Bertz CT molecular complexity index is 581. The number of halogens is 3. The zero-order chi connectivity index (χ0) is 13.3. The summed E-state index contributed by atoms with van der Waals surface area (Å²) in [4.78, 5) is 0. The van der Waals surface area contributed by atoms with E-state index in [0.29, 0.717) is 16.6 Å². The third-order valence-electron chi connectivity index (χ3n) is 2.64. The minimum atomic E-state index is 0.594. The van der Waals surface area contributed by atoms with Crippen LogP contribution in [0.4, 0.5) is 5.69 Å². The highest BCUT2D eigenvalue weighted by molar-refractivity contribution is 14.1. The van der Waals surface area contributed by atoms with Crippen molar-refractivity contribution in [1.82, 2.24) is 9.78 Å². The van der Waals surface area contributed by atoms with Crippen LogP contribution in [0.25, 0.3) is 0 Å². The molecule has 18 heavy (non-hydrogen) atoms. The van der Waals surface area contributed by atoms with Crippen LogP contribution in [0.1, 0.15) is 11.4 Å². The lowest BCUT2D eigenvalue weighted by Crippen LogP contribution is -2.06. The Morgan fingerprint density at radius 1 is 1.39 bits per heavy atom. The molecule has 0 atom stereocenters. The normalized spacial score (nSPS) is 10.7. The van der Waals surface area contributed by atoms with Crippen LogP contribution in [-0.4, -0.2) is 9.78 Å². The summed E-state index contributed by atoms with van der Waals surface area (Å²) in [6.07, 6.45) is 0. The van der Waals surface area contributed by atoms with Gasteiger partial charge in [-0.3, -0.25) is 4.68 Å². The molecule has 0 saturated heterocycles. The molecule has 1 N–H and O–H groups in total. The highest BCUT2D eigenvalue weighted by Gasteiger charge is 2.11. The van der Waals surface area contributed by atoms with Crippen LogP contribution in [0.15, 0.2) is 18.2 Å². The number of benzene rings is 1. The van der Waals surface area contributed by atoms with Crippen molar-refractivity contribution < 1.29 is 0 Å². The van der Waals surface area contributed by atoms with Crippen molar-refractivity contribution in [2.24, 2.45) is 7.05 Å². The predicted molar refractivity (Wildman–Crippen MR) is 84.5 cm³/mol. The van der Waals surface area contributed by atoms with Gasteiger partial charge in [0, 0.05) is 10.6 Å². The van der Waals surface area contributed by atoms with E-state index in [9.17, 15) is 0 Å². The number of rotatable bonds is 3. The molecule has 0 amide bonds. The standard InChI is InChI=1S/C12H12Cl2IN3/c1-7-12(14)11(18(2)17-7)6-16-10-4-3-8(15)5-9(10)13/h3-5,16H,6H2,1-2H3. The van der Waals surface area contributed by atoms with Crippen LogP contribution in [0, 0.1) is 10.5 Å². The molecule has 0 aliphatic rings. The molecule has 0 saturated carbocycles. The topological polar surface area (TPSA) is 29.9 Å². The summed E-state index contributed by atoms with van der Waals surface area (Å²) in [5.74, 6) is 0. The Kier molecular flexibility index (Phi) is 4.40. The maximum atomic E-state index is 6.19. The SMILES string of the molecule is Cc1nn(C)c(CNc2ccc(I)cc2Cl)c1Cl. The van der Waals surface area contributed by atoms with Gasteiger partial charge in [-0.2, -0.15) is 5.10 Å². The molecule has 2 aromatic rings. The first-order valence-corrected chi connectivity index (χ1v) is 7.19. The Morgan fingerprint density at radius 3 is 2.67 bits per heavy atom. The smallest absolute Gasteiger partial charge is 0.0865 e. The Morgan fingerprint density at radius 2 is 2.11 bits per heavy atom. The van der Waals surface area contributed by atoms with Crippen molar-refractivity contribution >= 4 is 51.5 Å². The van der Waals surface area contributed by atoms with Crippen molar-refractivity contribution in [3.05, 3.63) is 43.2 Å². The van der Waals surface area contributed by atoms with Crippen molar-refractivity contribution in [1.29, 1.82) is 0 Å². The Hall–Kier alpha value is -0.460. The molecule has 1 aromatic carbocycles. The van der Waals surface area contributed by atoms with Crippen LogP contribution >= 0.6 is 45.8 Å². The lowest BCUT2D eigenvalue weighted by molar-refractivity contribution is 0.713. The molecular formula is C12H12Cl2IN3. The zero-order valence-corrected chi connectivity index (χ0v) is 13.6. The summed E-state index contributed by atoms with van der Waals surface area (Å²) in [6.45, 7) is 2.49. The van der Waals surface area contributed by atoms with E-state index in [-0.39, 0.29) is 0 Å². The average molecular weight is 396 g/mol. The second kappa shape index (κ2) is 5.67. The molecule has 0 fully saturated rings. The van der Waals surface area contributed by atoms with E-state index < -0.39 is 0 Å². The van der Waals surface area contributed by atoms with E-state index in [2.05, 4.69) is 33.0 Å². The third kappa shape index (κ3) is 2.92. The number of hydrogen-bond donors (Lipinski definition) is 1. The molecule has 0 unspecified atom stereocenters. The molecule has 1 aromatic heterocycles.